The van der Waals surface area contributed by atoms with E-state index in [1.807, 2.05) is 0 Å². The van der Waals surface area contributed by atoms with Crippen LogP contribution in [0.1, 0.15) is 60.5 Å². The van der Waals surface area contributed by atoms with Crippen molar-refractivity contribution < 1.29 is 13.2 Å². The molecule has 0 aliphatic carbocycles. The molecule has 3 rings (SSSR count). The molecule has 0 saturated heterocycles. The van der Waals surface area contributed by atoms with Crippen LogP contribution in [0.15, 0.2) is 53.4 Å². The molecular weight excluding hydrogens is 514 g/mol. The van der Waals surface area contributed by atoms with Crippen molar-refractivity contribution in [3.05, 3.63) is 54.1 Å². The van der Waals surface area contributed by atoms with Gasteiger partial charge in [-0.2, -0.15) is 0 Å². The van der Waals surface area contributed by atoms with Crippen LogP contribution in [0.4, 0.5) is 5.13 Å². The van der Waals surface area contributed by atoms with Crippen molar-refractivity contribution in [2.75, 3.05) is 18.1 Å². The van der Waals surface area contributed by atoms with Gasteiger partial charge in [-0.25, -0.2) is 13.4 Å². The molecular formula is C30H41N3O3S2. The highest BCUT2D eigenvalue weighted by atomic mass is 32.2. The van der Waals surface area contributed by atoms with E-state index in [1.54, 1.807) is 24.3 Å². The van der Waals surface area contributed by atoms with Crippen LogP contribution in [-0.4, -0.2) is 38.2 Å². The normalized spacial score (nSPS) is 12.7. The van der Waals surface area contributed by atoms with Gasteiger partial charge in [-0.1, -0.05) is 89.3 Å². The standard InChI is InChI=1S/C30H41N3O3S2/c1-20(34)32-28-33-25(26(37-28)23-15-17-24(18-16-23)38(8,35)36)22-13-11-21(12-14-22)10-9-19-31-27(29(2,3)4)30(5,6)7/h11-18,27,31H,9-10,19H2,1-8H3,(H,32,33,34). The van der Waals surface area contributed by atoms with Crippen molar-refractivity contribution in [2.45, 2.75) is 72.2 Å². The third-order valence-corrected chi connectivity index (χ3v) is 8.55. The van der Waals surface area contributed by atoms with E-state index in [1.165, 1.54) is 30.1 Å². The Hall–Kier alpha value is -2.55. The zero-order chi connectivity index (χ0) is 28.3. The highest BCUT2D eigenvalue weighted by Gasteiger charge is 2.34. The second-order valence-corrected chi connectivity index (χ2v) is 15.1. The third-order valence-electron chi connectivity index (χ3n) is 6.40. The number of hydrogen-bond acceptors (Lipinski definition) is 6. The zero-order valence-corrected chi connectivity index (χ0v) is 25.4. The fourth-order valence-electron chi connectivity index (χ4n) is 5.05. The average Bonchev–Trinajstić information content (AvgIpc) is 3.20. The number of rotatable bonds is 9. The second kappa shape index (κ2) is 11.7. The molecule has 0 atom stereocenters. The van der Waals surface area contributed by atoms with E-state index < -0.39 is 9.84 Å². The minimum Gasteiger partial charge on any atom is -0.313 e. The Kier molecular flexibility index (Phi) is 9.22. The van der Waals surface area contributed by atoms with Crippen molar-refractivity contribution >= 4 is 32.2 Å². The van der Waals surface area contributed by atoms with Crippen LogP contribution in [0.2, 0.25) is 0 Å². The lowest BCUT2D eigenvalue weighted by molar-refractivity contribution is -0.114. The molecule has 1 heterocycles. The molecule has 38 heavy (non-hydrogen) atoms. The van der Waals surface area contributed by atoms with E-state index in [-0.39, 0.29) is 21.6 Å². The summed E-state index contributed by atoms with van der Waals surface area (Å²) in [6.07, 6.45) is 3.21. The fourth-order valence-corrected chi connectivity index (χ4v) is 6.72. The predicted molar refractivity (Wildman–Crippen MR) is 159 cm³/mol. The molecule has 206 valence electrons. The van der Waals surface area contributed by atoms with Crippen LogP contribution < -0.4 is 10.6 Å². The molecule has 8 heteroatoms. The molecule has 0 unspecified atom stereocenters. The van der Waals surface area contributed by atoms with Crippen molar-refractivity contribution in [1.29, 1.82) is 0 Å². The maximum Gasteiger partial charge on any atom is 0.223 e. The van der Waals surface area contributed by atoms with Gasteiger partial charge in [0.15, 0.2) is 15.0 Å². The number of nitrogens with one attached hydrogen (secondary N) is 2. The molecule has 0 radical (unpaired) electrons. The van der Waals surface area contributed by atoms with Crippen LogP contribution in [0, 0.1) is 10.8 Å². The third kappa shape index (κ3) is 7.98. The summed E-state index contributed by atoms with van der Waals surface area (Å²) in [5.41, 5.74) is 4.19. The molecule has 0 spiro atoms. The first-order chi connectivity index (χ1) is 17.6. The van der Waals surface area contributed by atoms with Crippen LogP contribution in [0.3, 0.4) is 0 Å². The van der Waals surface area contributed by atoms with Gasteiger partial charge in [0, 0.05) is 24.8 Å². The molecule has 0 fully saturated rings. The minimum absolute atomic E-state index is 0.187. The molecule has 0 aliphatic heterocycles. The van der Waals surface area contributed by atoms with Crippen LogP contribution in [0.5, 0.6) is 0 Å². The Morgan fingerprint density at radius 3 is 1.97 bits per heavy atom. The Bertz CT molecular complexity index is 1330. The van der Waals surface area contributed by atoms with Crippen molar-refractivity contribution in [3.8, 4) is 21.7 Å². The summed E-state index contributed by atoms with van der Waals surface area (Å²) in [7, 11) is -3.28. The first-order valence-corrected chi connectivity index (χ1v) is 15.7. The largest absolute Gasteiger partial charge is 0.313 e. The number of aryl methyl sites for hydroxylation is 1. The van der Waals surface area contributed by atoms with E-state index >= 15 is 0 Å². The minimum atomic E-state index is -3.28. The fraction of sp³-hybridized carbons (Fsp3) is 0.467. The Balaban J connectivity index is 1.77. The van der Waals surface area contributed by atoms with Gasteiger partial charge >= 0.3 is 0 Å². The summed E-state index contributed by atoms with van der Waals surface area (Å²) >= 11 is 1.38. The number of carbonyl (C=O) groups excluding carboxylic acids is 1. The number of hydrogen-bond donors (Lipinski definition) is 2. The molecule has 2 N–H and O–H groups in total. The van der Waals surface area contributed by atoms with E-state index in [0.29, 0.717) is 11.2 Å². The molecule has 0 saturated carbocycles. The number of sulfone groups is 1. The van der Waals surface area contributed by atoms with Crippen molar-refractivity contribution in [3.63, 3.8) is 0 Å². The highest BCUT2D eigenvalue weighted by Crippen LogP contribution is 2.39. The molecule has 1 amide bonds. The zero-order valence-electron chi connectivity index (χ0n) is 23.8. The number of anilines is 1. The number of thiazole rings is 1. The number of nitrogens with zero attached hydrogens (tertiary/aromatic N) is 1. The van der Waals surface area contributed by atoms with Crippen molar-refractivity contribution in [1.82, 2.24) is 10.3 Å². The van der Waals surface area contributed by atoms with Gasteiger partial charge < -0.3 is 10.6 Å². The molecule has 3 aromatic rings. The molecule has 6 nitrogen and oxygen atoms in total. The van der Waals surface area contributed by atoms with E-state index in [2.05, 4.69) is 76.4 Å². The lowest BCUT2D eigenvalue weighted by Crippen LogP contribution is -2.49. The summed E-state index contributed by atoms with van der Waals surface area (Å²) < 4.78 is 23.8. The lowest BCUT2D eigenvalue weighted by atomic mass is 9.72. The summed E-state index contributed by atoms with van der Waals surface area (Å²) in [6, 6.07) is 15.6. The number of carbonyl (C=O) groups is 1. The van der Waals surface area contributed by atoms with E-state index in [9.17, 15) is 13.2 Å². The summed E-state index contributed by atoms with van der Waals surface area (Å²) in [4.78, 5) is 17.5. The van der Waals surface area contributed by atoms with Gasteiger partial charge in [0.1, 0.15) is 0 Å². The molecule has 1 aromatic heterocycles. The number of amides is 1. The first kappa shape index (κ1) is 30.0. The van der Waals surface area contributed by atoms with Gasteiger partial charge in [0.2, 0.25) is 5.91 Å². The van der Waals surface area contributed by atoms with Crippen molar-refractivity contribution in [2.24, 2.45) is 10.8 Å². The summed E-state index contributed by atoms with van der Waals surface area (Å²) in [5.74, 6) is -0.187. The monoisotopic (exact) mass is 555 g/mol. The first-order valence-electron chi connectivity index (χ1n) is 13.0. The van der Waals surface area contributed by atoms with E-state index in [4.69, 9.17) is 4.98 Å². The maximum atomic E-state index is 11.9. The number of aromatic nitrogens is 1. The quantitative estimate of drug-likeness (QED) is 0.283. The number of benzene rings is 2. The van der Waals surface area contributed by atoms with Gasteiger partial charge in [0.25, 0.3) is 0 Å². The summed E-state index contributed by atoms with van der Waals surface area (Å²) in [6.45, 7) is 16.2. The van der Waals surface area contributed by atoms with Gasteiger partial charge in [-0.3, -0.25) is 4.79 Å². The molecule has 2 aromatic carbocycles. The van der Waals surface area contributed by atoms with Crippen LogP contribution in [-0.2, 0) is 21.1 Å². The topological polar surface area (TPSA) is 88.2 Å². The Labute approximate surface area is 232 Å². The molecule has 0 bridgehead atoms. The Morgan fingerprint density at radius 1 is 0.921 bits per heavy atom. The summed E-state index contributed by atoms with van der Waals surface area (Å²) in [5, 5.41) is 7.08. The second-order valence-electron chi connectivity index (χ2n) is 12.1. The van der Waals surface area contributed by atoms with Crippen LogP contribution >= 0.6 is 11.3 Å². The van der Waals surface area contributed by atoms with Gasteiger partial charge in [-0.15, -0.1) is 0 Å². The maximum absolute atomic E-state index is 11.9. The predicted octanol–water partition coefficient (Wildman–Crippen LogP) is 6.82. The Morgan fingerprint density at radius 2 is 1.47 bits per heavy atom. The highest BCUT2D eigenvalue weighted by molar-refractivity contribution is 7.90. The van der Waals surface area contributed by atoms with E-state index in [0.717, 1.165) is 41.1 Å². The molecule has 0 aliphatic rings. The lowest BCUT2D eigenvalue weighted by Gasteiger charge is -2.41. The van der Waals surface area contributed by atoms with Crippen LogP contribution in [0.25, 0.3) is 21.7 Å². The SMILES string of the molecule is CC(=O)Nc1nc(-c2ccc(CCCNC(C(C)(C)C)C(C)(C)C)cc2)c(-c2ccc(S(C)(=O)=O)cc2)s1. The smallest absolute Gasteiger partial charge is 0.223 e. The van der Waals surface area contributed by atoms with Gasteiger partial charge in [0.05, 0.1) is 15.5 Å². The van der Waals surface area contributed by atoms with Gasteiger partial charge in [-0.05, 0) is 53.5 Å². The average molecular weight is 556 g/mol.